The molecule has 0 spiro atoms. The number of alkyl halides is 1. The number of hydrogen-bond acceptors (Lipinski definition) is 3. The Hall–Kier alpha value is 0.160. The molecule has 0 radical (unpaired) electrons. The molecule has 6 heteroatoms. The fourth-order valence-corrected chi connectivity index (χ4v) is 3.61. The standard InChI is InChI=1S/C10H20ClNO3S/c1-3-12(4-2)16(13,14)15-10-8-6-5-7-9(10)11/h9-10H,3-8H2,1-2H3/t9-,10-/m1/s1. The highest BCUT2D eigenvalue weighted by atomic mass is 35.5. The lowest BCUT2D eigenvalue weighted by Gasteiger charge is -2.28. The summed E-state index contributed by atoms with van der Waals surface area (Å²) in [5, 5.41) is -0.181. The number of hydrogen-bond donors (Lipinski definition) is 0. The topological polar surface area (TPSA) is 46.6 Å². The van der Waals surface area contributed by atoms with Gasteiger partial charge in [-0.3, -0.25) is 4.18 Å². The van der Waals surface area contributed by atoms with Gasteiger partial charge in [-0.1, -0.05) is 26.7 Å². The zero-order valence-corrected chi connectivity index (χ0v) is 11.4. The minimum absolute atomic E-state index is 0.181. The van der Waals surface area contributed by atoms with E-state index in [9.17, 15) is 8.42 Å². The fraction of sp³-hybridized carbons (Fsp3) is 1.00. The van der Waals surface area contributed by atoms with Gasteiger partial charge in [0.1, 0.15) is 0 Å². The number of rotatable bonds is 5. The van der Waals surface area contributed by atoms with Crippen molar-refractivity contribution in [2.24, 2.45) is 0 Å². The Morgan fingerprint density at radius 3 is 2.31 bits per heavy atom. The molecular weight excluding hydrogens is 250 g/mol. The Morgan fingerprint density at radius 2 is 1.81 bits per heavy atom. The summed E-state index contributed by atoms with van der Waals surface area (Å²) in [4.78, 5) is 0. The molecule has 4 nitrogen and oxygen atoms in total. The van der Waals surface area contributed by atoms with Crippen LogP contribution < -0.4 is 0 Å². The van der Waals surface area contributed by atoms with Crippen LogP contribution in [0.5, 0.6) is 0 Å². The molecule has 0 aliphatic heterocycles. The Balaban J connectivity index is 2.63. The molecule has 16 heavy (non-hydrogen) atoms. The van der Waals surface area contributed by atoms with E-state index < -0.39 is 10.3 Å². The lowest BCUT2D eigenvalue weighted by Crippen LogP contribution is -2.38. The van der Waals surface area contributed by atoms with Gasteiger partial charge in [0.2, 0.25) is 0 Å². The molecule has 0 saturated heterocycles. The van der Waals surface area contributed by atoms with E-state index in [0.717, 1.165) is 25.7 Å². The van der Waals surface area contributed by atoms with Gasteiger partial charge in [-0.15, -0.1) is 11.6 Å². The summed E-state index contributed by atoms with van der Waals surface area (Å²) < 4.78 is 30.2. The molecule has 0 aromatic rings. The van der Waals surface area contributed by atoms with Crippen LogP contribution in [0.3, 0.4) is 0 Å². The first-order chi connectivity index (χ1) is 7.51. The molecule has 0 unspecified atom stereocenters. The molecule has 2 atom stereocenters. The molecule has 0 aromatic carbocycles. The predicted molar refractivity (Wildman–Crippen MR) is 64.8 cm³/mol. The maximum Gasteiger partial charge on any atom is 0.338 e. The molecule has 1 rings (SSSR count). The lowest BCUT2D eigenvalue weighted by atomic mass is 9.97. The van der Waals surface area contributed by atoms with Crippen molar-refractivity contribution in [3.63, 3.8) is 0 Å². The van der Waals surface area contributed by atoms with E-state index in [1.165, 1.54) is 4.31 Å². The first kappa shape index (κ1) is 14.2. The Bertz CT molecular complexity index is 303. The van der Waals surface area contributed by atoms with Gasteiger partial charge in [0.05, 0.1) is 11.5 Å². The van der Waals surface area contributed by atoms with E-state index in [1.807, 2.05) is 0 Å². The van der Waals surface area contributed by atoms with Crippen LogP contribution in [0.25, 0.3) is 0 Å². The van der Waals surface area contributed by atoms with Crippen molar-refractivity contribution in [3.8, 4) is 0 Å². The highest BCUT2D eigenvalue weighted by molar-refractivity contribution is 7.84. The average molecular weight is 270 g/mol. The van der Waals surface area contributed by atoms with Crippen LogP contribution in [0, 0.1) is 0 Å². The average Bonchev–Trinajstić information content (AvgIpc) is 2.22. The van der Waals surface area contributed by atoms with Crippen molar-refractivity contribution in [1.82, 2.24) is 4.31 Å². The van der Waals surface area contributed by atoms with Crippen LogP contribution in [0.15, 0.2) is 0 Å². The summed E-state index contributed by atoms with van der Waals surface area (Å²) >= 11 is 6.07. The van der Waals surface area contributed by atoms with Crippen molar-refractivity contribution < 1.29 is 12.6 Å². The lowest BCUT2D eigenvalue weighted by molar-refractivity contribution is 0.150. The zero-order valence-electron chi connectivity index (χ0n) is 9.86. The molecule has 1 aliphatic carbocycles. The molecule has 0 bridgehead atoms. The van der Waals surface area contributed by atoms with Crippen molar-refractivity contribution in [2.75, 3.05) is 13.1 Å². The van der Waals surface area contributed by atoms with Gasteiger partial charge in [-0.05, 0) is 12.8 Å². The van der Waals surface area contributed by atoms with Gasteiger partial charge < -0.3 is 0 Å². The molecule has 0 N–H and O–H groups in total. The molecule has 0 amide bonds. The molecule has 0 aromatic heterocycles. The first-order valence-corrected chi connectivity index (χ1v) is 7.63. The van der Waals surface area contributed by atoms with Gasteiger partial charge in [-0.25, -0.2) is 0 Å². The largest absolute Gasteiger partial charge is 0.338 e. The zero-order chi connectivity index (χ0) is 12.2. The highest BCUT2D eigenvalue weighted by Gasteiger charge is 2.31. The van der Waals surface area contributed by atoms with Crippen LogP contribution >= 0.6 is 11.6 Å². The first-order valence-electron chi connectivity index (χ1n) is 5.83. The molecule has 1 fully saturated rings. The van der Waals surface area contributed by atoms with E-state index in [0.29, 0.717) is 13.1 Å². The predicted octanol–water partition coefficient (Wildman–Crippen LogP) is 2.14. The van der Waals surface area contributed by atoms with E-state index in [-0.39, 0.29) is 11.5 Å². The molecule has 0 heterocycles. The summed E-state index contributed by atoms with van der Waals surface area (Å²) in [7, 11) is -3.61. The maximum atomic E-state index is 11.9. The number of nitrogens with zero attached hydrogens (tertiary/aromatic N) is 1. The fourth-order valence-electron chi connectivity index (χ4n) is 1.92. The molecule has 1 saturated carbocycles. The van der Waals surface area contributed by atoms with Crippen molar-refractivity contribution in [3.05, 3.63) is 0 Å². The van der Waals surface area contributed by atoms with Crippen molar-refractivity contribution >= 4 is 21.9 Å². The van der Waals surface area contributed by atoms with E-state index >= 15 is 0 Å². The van der Waals surface area contributed by atoms with E-state index in [1.54, 1.807) is 13.8 Å². The highest BCUT2D eigenvalue weighted by Crippen LogP contribution is 2.27. The summed E-state index contributed by atoms with van der Waals surface area (Å²) in [6.45, 7) is 4.45. The van der Waals surface area contributed by atoms with Gasteiger partial charge in [0, 0.05) is 13.1 Å². The van der Waals surface area contributed by atoms with Crippen LogP contribution in [0.1, 0.15) is 39.5 Å². The van der Waals surface area contributed by atoms with Gasteiger partial charge in [0.25, 0.3) is 0 Å². The summed E-state index contributed by atoms with van der Waals surface area (Å²) in [5.41, 5.74) is 0. The van der Waals surface area contributed by atoms with Crippen LogP contribution in [-0.4, -0.2) is 37.3 Å². The van der Waals surface area contributed by atoms with Crippen LogP contribution in [-0.2, 0) is 14.5 Å². The summed E-state index contributed by atoms with van der Waals surface area (Å²) in [6, 6.07) is 0. The van der Waals surface area contributed by atoms with Crippen LogP contribution in [0.4, 0.5) is 0 Å². The smallest absolute Gasteiger partial charge is 0.253 e. The Labute approximate surface area is 103 Å². The third kappa shape index (κ3) is 3.58. The quantitative estimate of drug-likeness (QED) is 0.719. The second kappa shape index (κ2) is 6.19. The molecule has 1 aliphatic rings. The van der Waals surface area contributed by atoms with Crippen molar-refractivity contribution in [2.45, 2.75) is 51.0 Å². The number of halogens is 1. The third-order valence-electron chi connectivity index (χ3n) is 2.89. The molecular formula is C10H20ClNO3S. The Kier molecular flexibility index (Phi) is 5.50. The molecule has 96 valence electrons. The van der Waals surface area contributed by atoms with Crippen molar-refractivity contribution in [1.29, 1.82) is 0 Å². The summed E-state index contributed by atoms with van der Waals surface area (Å²) in [5.74, 6) is 0. The van der Waals surface area contributed by atoms with Gasteiger partial charge >= 0.3 is 10.3 Å². The minimum Gasteiger partial charge on any atom is -0.253 e. The second-order valence-electron chi connectivity index (χ2n) is 3.98. The Morgan fingerprint density at radius 1 is 1.25 bits per heavy atom. The summed E-state index contributed by atoms with van der Waals surface area (Å²) in [6.07, 6.45) is 3.25. The van der Waals surface area contributed by atoms with E-state index in [4.69, 9.17) is 15.8 Å². The van der Waals surface area contributed by atoms with E-state index in [2.05, 4.69) is 0 Å². The van der Waals surface area contributed by atoms with Gasteiger partial charge in [-0.2, -0.15) is 12.7 Å². The second-order valence-corrected chi connectivity index (χ2v) is 6.10. The third-order valence-corrected chi connectivity index (χ3v) is 5.03. The van der Waals surface area contributed by atoms with Gasteiger partial charge in [0.15, 0.2) is 0 Å². The minimum atomic E-state index is -3.61. The monoisotopic (exact) mass is 269 g/mol. The SMILES string of the molecule is CCN(CC)S(=O)(=O)O[C@@H]1CCCC[C@H]1Cl. The van der Waals surface area contributed by atoms with Crippen LogP contribution in [0.2, 0.25) is 0 Å². The normalized spacial score (nSPS) is 27.2. The maximum absolute atomic E-state index is 11.9.